The molecule has 1 nitrogen and oxygen atoms in total. The van der Waals surface area contributed by atoms with Crippen molar-refractivity contribution < 1.29 is 0 Å². The molecule has 132 valence electrons. The summed E-state index contributed by atoms with van der Waals surface area (Å²) < 4.78 is 0. The van der Waals surface area contributed by atoms with E-state index in [2.05, 4.69) is 32.9 Å². The Bertz CT molecular complexity index is 232. The van der Waals surface area contributed by atoms with E-state index in [0.29, 0.717) is 12.0 Å². The molecule has 1 atom stereocenters. The van der Waals surface area contributed by atoms with Crippen molar-refractivity contribution in [2.45, 2.75) is 117 Å². The predicted octanol–water partition coefficient (Wildman–Crippen LogP) is 7.01. The van der Waals surface area contributed by atoms with E-state index >= 15 is 0 Å². The predicted molar refractivity (Wildman–Crippen MR) is 102 cm³/mol. The molecule has 0 radical (unpaired) electrons. The Morgan fingerprint density at radius 3 is 1.64 bits per heavy atom. The molecule has 0 amide bonds. The molecule has 0 saturated carbocycles. The lowest BCUT2D eigenvalue weighted by Crippen LogP contribution is -2.25. The monoisotopic (exact) mass is 309 g/mol. The van der Waals surface area contributed by atoms with E-state index in [1.165, 1.54) is 89.9 Å². The van der Waals surface area contributed by atoms with Crippen molar-refractivity contribution in [1.29, 1.82) is 0 Å². The molecule has 0 heterocycles. The van der Waals surface area contributed by atoms with Crippen LogP contribution in [0.4, 0.5) is 0 Å². The van der Waals surface area contributed by atoms with E-state index in [-0.39, 0.29) is 0 Å². The molecule has 2 N–H and O–H groups in total. The summed E-state index contributed by atoms with van der Waals surface area (Å²) in [5.41, 5.74) is 6.06. The molecular weight excluding hydrogens is 266 g/mol. The second-order valence-electron chi connectivity index (χ2n) is 7.28. The fourth-order valence-corrected chi connectivity index (χ4v) is 2.78. The van der Waals surface area contributed by atoms with E-state index in [9.17, 15) is 0 Å². The molecule has 1 unspecified atom stereocenters. The number of hydrogen-bond donors (Lipinski definition) is 1. The molecule has 0 aliphatic carbocycles. The quantitative estimate of drug-likeness (QED) is 0.241. The van der Waals surface area contributed by atoms with Crippen molar-refractivity contribution in [1.82, 2.24) is 0 Å². The Balaban J connectivity index is 3.14. The summed E-state index contributed by atoms with van der Waals surface area (Å²) in [6.07, 6.45) is 23.8. The van der Waals surface area contributed by atoms with Crippen molar-refractivity contribution in [3.8, 4) is 0 Å². The first-order valence-corrected chi connectivity index (χ1v) is 10.1. The lowest BCUT2D eigenvalue weighted by atomic mass is 9.98. The van der Waals surface area contributed by atoms with Gasteiger partial charge < -0.3 is 5.73 Å². The third-order valence-corrected chi connectivity index (χ3v) is 4.66. The fraction of sp³-hybridized carbons (Fsp3) is 0.905. The number of nitrogens with two attached hydrogens (primary N) is 1. The first-order chi connectivity index (χ1) is 10.7. The first kappa shape index (κ1) is 21.7. The molecule has 0 saturated heterocycles. The SMILES string of the molecule is CCCCCCCC/C=C\CCCCCCCC(N)C(C)C. The Hall–Kier alpha value is -0.300. The summed E-state index contributed by atoms with van der Waals surface area (Å²) in [5, 5.41) is 0. The van der Waals surface area contributed by atoms with E-state index < -0.39 is 0 Å². The van der Waals surface area contributed by atoms with Gasteiger partial charge in [-0.2, -0.15) is 0 Å². The molecule has 0 rings (SSSR count). The van der Waals surface area contributed by atoms with Crippen LogP contribution in [0.1, 0.15) is 111 Å². The third-order valence-electron chi connectivity index (χ3n) is 4.66. The maximum absolute atomic E-state index is 6.06. The lowest BCUT2D eigenvalue weighted by molar-refractivity contribution is 0.440. The summed E-state index contributed by atoms with van der Waals surface area (Å²) in [6, 6.07) is 0.407. The minimum absolute atomic E-state index is 0.407. The smallest absolute Gasteiger partial charge is 0.00618 e. The van der Waals surface area contributed by atoms with Crippen LogP contribution >= 0.6 is 0 Å². The van der Waals surface area contributed by atoms with Crippen LogP contribution in [0, 0.1) is 5.92 Å². The van der Waals surface area contributed by atoms with Crippen LogP contribution < -0.4 is 5.73 Å². The molecule has 0 aromatic rings. The molecule has 0 aromatic carbocycles. The topological polar surface area (TPSA) is 26.0 Å². The van der Waals surface area contributed by atoms with Crippen LogP contribution in [0.5, 0.6) is 0 Å². The van der Waals surface area contributed by atoms with Crippen LogP contribution in [-0.4, -0.2) is 6.04 Å². The average Bonchev–Trinajstić information content (AvgIpc) is 2.50. The van der Waals surface area contributed by atoms with Gasteiger partial charge in [0, 0.05) is 6.04 Å². The number of rotatable bonds is 16. The van der Waals surface area contributed by atoms with E-state index in [1.54, 1.807) is 0 Å². The van der Waals surface area contributed by atoms with Crippen LogP contribution in [0.15, 0.2) is 12.2 Å². The van der Waals surface area contributed by atoms with Crippen molar-refractivity contribution in [2.24, 2.45) is 11.7 Å². The van der Waals surface area contributed by atoms with Crippen LogP contribution in [0.25, 0.3) is 0 Å². The molecular formula is C21H43N. The molecule has 0 aliphatic rings. The van der Waals surface area contributed by atoms with Gasteiger partial charge in [-0.3, -0.25) is 0 Å². The summed E-state index contributed by atoms with van der Waals surface area (Å²) in [4.78, 5) is 0. The molecule has 0 bridgehead atoms. The Morgan fingerprint density at radius 1 is 0.682 bits per heavy atom. The standard InChI is InChI=1S/C21H43N/c1-4-5-6-7-8-9-10-11-12-13-14-15-16-17-18-19-21(22)20(2)3/h11-12,20-21H,4-10,13-19,22H2,1-3H3/b12-11-. The van der Waals surface area contributed by atoms with Gasteiger partial charge in [0.2, 0.25) is 0 Å². The highest BCUT2D eigenvalue weighted by Crippen LogP contribution is 2.12. The minimum Gasteiger partial charge on any atom is -0.327 e. The number of unbranched alkanes of at least 4 members (excludes halogenated alkanes) is 11. The maximum Gasteiger partial charge on any atom is 0.00618 e. The van der Waals surface area contributed by atoms with Gasteiger partial charge in [-0.1, -0.05) is 90.7 Å². The Kier molecular flexibility index (Phi) is 16.8. The number of allylic oxidation sites excluding steroid dienone is 2. The van der Waals surface area contributed by atoms with Crippen molar-refractivity contribution in [3.63, 3.8) is 0 Å². The van der Waals surface area contributed by atoms with Gasteiger partial charge in [-0.05, 0) is 38.0 Å². The highest BCUT2D eigenvalue weighted by molar-refractivity contribution is 4.81. The molecule has 0 fully saturated rings. The van der Waals surface area contributed by atoms with Crippen molar-refractivity contribution in [3.05, 3.63) is 12.2 Å². The summed E-state index contributed by atoms with van der Waals surface area (Å²) in [5.74, 6) is 0.636. The Morgan fingerprint density at radius 2 is 1.14 bits per heavy atom. The van der Waals surface area contributed by atoms with Gasteiger partial charge in [-0.15, -0.1) is 0 Å². The zero-order valence-electron chi connectivity index (χ0n) is 15.8. The third kappa shape index (κ3) is 16.1. The highest BCUT2D eigenvalue weighted by Gasteiger charge is 2.05. The minimum atomic E-state index is 0.407. The maximum atomic E-state index is 6.06. The van der Waals surface area contributed by atoms with E-state index in [4.69, 9.17) is 5.73 Å². The summed E-state index contributed by atoms with van der Waals surface area (Å²) in [6.45, 7) is 6.73. The lowest BCUT2D eigenvalue weighted by Gasteiger charge is -2.14. The summed E-state index contributed by atoms with van der Waals surface area (Å²) in [7, 11) is 0. The van der Waals surface area contributed by atoms with Gasteiger partial charge in [-0.25, -0.2) is 0 Å². The van der Waals surface area contributed by atoms with Crippen molar-refractivity contribution in [2.75, 3.05) is 0 Å². The van der Waals surface area contributed by atoms with Gasteiger partial charge >= 0.3 is 0 Å². The molecule has 0 aliphatic heterocycles. The zero-order chi connectivity index (χ0) is 16.5. The summed E-state index contributed by atoms with van der Waals surface area (Å²) >= 11 is 0. The normalized spacial score (nSPS) is 13.3. The molecule has 22 heavy (non-hydrogen) atoms. The largest absolute Gasteiger partial charge is 0.327 e. The van der Waals surface area contributed by atoms with Gasteiger partial charge in [0.25, 0.3) is 0 Å². The second kappa shape index (κ2) is 17.1. The van der Waals surface area contributed by atoms with E-state index in [0.717, 1.165) is 0 Å². The average molecular weight is 310 g/mol. The highest BCUT2D eigenvalue weighted by atomic mass is 14.6. The Labute approximate surface area is 141 Å². The first-order valence-electron chi connectivity index (χ1n) is 10.1. The number of hydrogen-bond acceptors (Lipinski definition) is 1. The molecule has 0 aromatic heterocycles. The molecule has 0 spiro atoms. The van der Waals surface area contributed by atoms with Crippen LogP contribution in [0.2, 0.25) is 0 Å². The fourth-order valence-electron chi connectivity index (χ4n) is 2.78. The van der Waals surface area contributed by atoms with Crippen LogP contribution in [-0.2, 0) is 0 Å². The van der Waals surface area contributed by atoms with Crippen molar-refractivity contribution >= 4 is 0 Å². The van der Waals surface area contributed by atoms with Gasteiger partial charge in [0.1, 0.15) is 0 Å². The molecule has 1 heteroatoms. The van der Waals surface area contributed by atoms with Gasteiger partial charge in [0.05, 0.1) is 0 Å². The van der Waals surface area contributed by atoms with Gasteiger partial charge in [0.15, 0.2) is 0 Å². The zero-order valence-corrected chi connectivity index (χ0v) is 15.8. The second-order valence-corrected chi connectivity index (χ2v) is 7.28. The van der Waals surface area contributed by atoms with E-state index in [1.807, 2.05) is 0 Å². The van der Waals surface area contributed by atoms with Crippen LogP contribution in [0.3, 0.4) is 0 Å².